The fourth-order valence-electron chi connectivity index (χ4n) is 2.75. The molecular formula is C19H20IN3O3. The fraction of sp³-hybridized carbons (Fsp3) is 0.211. The van der Waals surface area contributed by atoms with Gasteiger partial charge in [0.2, 0.25) is 6.79 Å². The summed E-state index contributed by atoms with van der Waals surface area (Å²) in [5, 5.41) is 7.64. The van der Waals surface area contributed by atoms with Gasteiger partial charge in [-0.25, -0.2) is 0 Å². The molecule has 4 rings (SSSR count). The van der Waals surface area contributed by atoms with Crippen molar-refractivity contribution in [3.63, 3.8) is 0 Å². The molecule has 0 saturated carbocycles. The number of fused-ring (bicyclic) bond motifs is 2. The molecule has 1 aliphatic rings. The maximum atomic E-state index is 5.80. The predicted octanol–water partition coefficient (Wildman–Crippen LogP) is 3.64. The first kappa shape index (κ1) is 18.4. The van der Waals surface area contributed by atoms with E-state index in [1.54, 1.807) is 7.05 Å². The summed E-state index contributed by atoms with van der Waals surface area (Å²) >= 11 is 0. The molecule has 0 spiro atoms. The average Bonchev–Trinajstić information content (AvgIpc) is 3.27. The van der Waals surface area contributed by atoms with Crippen LogP contribution in [0.3, 0.4) is 0 Å². The van der Waals surface area contributed by atoms with Crippen molar-refractivity contribution in [1.82, 2.24) is 10.6 Å². The van der Waals surface area contributed by atoms with Crippen LogP contribution < -0.4 is 20.1 Å². The molecule has 26 heavy (non-hydrogen) atoms. The van der Waals surface area contributed by atoms with Crippen molar-refractivity contribution in [2.75, 3.05) is 13.8 Å². The van der Waals surface area contributed by atoms with E-state index in [0.29, 0.717) is 19.0 Å². The number of guanidine groups is 1. The van der Waals surface area contributed by atoms with Gasteiger partial charge in [-0.3, -0.25) is 4.99 Å². The van der Waals surface area contributed by atoms with Crippen molar-refractivity contribution in [1.29, 1.82) is 0 Å². The van der Waals surface area contributed by atoms with Crippen LogP contribution in [0.15, 0.2) is 57.9 Å². The molecule has 0 saturated heterocycles. The van der Waals surface area contributed by atoms with Crippen LogP contribution in [0.1, 0.15) is 11.3 Å². The van der Waals surface area contributed by atoms with Gasteiger partial charge in [-0.05, 0) is 29.8 Å². The third-order valence-electron chi connectivity index (χ3n) is 4.03. The number of nitrogens with zero attached hydrogens (tertiary/aromatic N) is 1. The Morgan fingerprint density at radius 1 is 1.00 bits per heavy atom. The highest BCUT2D eigenvalue weighted by Crippen LogP contribution is 2.32. The van der Waals surface area contributed by atoms with E-state index in [2.05, 4.69) is 15.6 Å². The average molecular weight is 465 g/mol. The minimum atomic E-state index is 0. The highest BCUT2D eigenvalue weighted by Gasteiger charge is 2.13. The van der Waals surface area contributed by atoms with Gasteiger partial charge in [0.05, 0.1) is 6.54 Å². The van der Waals surface area contributed by atoms with Crippen LogP contribution in [0.25, 0.3) is 11.0 Å². The minimum absolute atomic E-state index is 0. The molecule has 0 unspecified atom stereocenters. The Hall–Kier alpha value is -2.42. The Kier molecular flexibility index (Phi) is 5.87. The fourth-order valence-corrected chi connectivity index (χ4v) is 2.75. The lowest BCUT2D eigenvalue weighted by atomic mass is 10.2. The largest absolute Gasteiger partial charge is 0.459 e. The second kappa shape index (κ2) is 8.31. The maximum absolute atomic E-state index is 5.80. The number of ether oxygens (including phenoxy) is 2. The summed E-state index contributed by atoms with van der Waals surface area (Å²) in [6.45, 7) is 1.48. The first-order chi connectivity index (χ1) is 12.3. The highest BCUT2D eigenvalue weighted by molar-refractivity contribution is 14.0. The Morgan fingerprint density at radius 3 is 2.65 bits per heavy atom. The summed E-state index contributed by atoms with van der Waals surface area (Å²) in [5.41, 5.74) is 1.98. The van der Waals surface area contributed by atoms with Gasteiger partial charge in [-0.1, -0.05) is 24.3 Å². The van der Waals surface area contributed by atoms with E-state index >= 15 is 0 Å². The number of rotatable bonds is 4. The molecule has 6 nitrogen and oxygen atoms in total. The summed E-state index contributed by atoms with van der Waals surface area (Å²) in [6.07, 6.45) is 0. The summed E-state index contributed by atoms with van der Waals surface area (Å²) in [7, 11) is 1.74. The minimum Gasteiger partial charge on any atom is -0.459 e. The second-order valence-electron chi connectivity index (χ2n) is 5.72. The molecular weight excluding hydrogens is 445 g/mol. The summed E-state index contributed by atoms with van der Waals surface area (Å²) in [6, 6.07) is 15.9. The van der Waals surface area contributed by atoms with Crippen LogP contribution in [0, 0.1) is 0 Å². The highest BCUT2D eigenvalue weighted by atomic mass is 127. The smallest absolute Gasteiger partial charge is 0.231 e. The summed E-state index contributed by atoms with van der Waals surface area (Å²) < 4.78 is 16.5. The van der Waals surface area contributed by atoms with Gasteiger partial charge in [0, 0.05) is 19.0 Å². The summed E-state index contributed by atoms with van der Waals surface area (Å²) in [5.74, 6) is 3.14. The lowest BCUT2D eigenvalue weighted by Crippen LogP contribution is -2.36. The molecule has 0 bridgehead atoms. The molecule has 7 heteroatoms. The number of hydrogen-bond acceptors (Lipinski definition) is 4. The number of hydrogen-bond donors (Lipinski definition) is 2. The molecule has 2 N–H and O–H groups in total. The lowest BCUT2D eigenvalue weighted by molar-refractivity contribution is 0.174. The van der Waals surface area contributed by atoms with Crippen molar-refractivity contribution < 1.29 is 13.9 Å². The monoisotopic (exact) mass is 465 g/mol. The Labute approximate surface area is 168 Å². The zero-order chi connectivity index (χ0) is 17.1. The molecule has 2 aromatic carbocycles. The second-order valence-corrected chi connectivity index (χ2v) is 5.72. The van der Waals surface area contributed by atoms with Gasteiger partial charge < -0.3 is 24.5 Å². The van der Waals surface area contributed by atoms with E-state index in [-0.39, 0.29) is 30.8 Å². The van der Waals surface area contributed by atoms with Crippen LogP contribution in [0.5, 0.6) is 11.5 Å². The molecule has 0 radical (unpaired) electrons. The topological polar surface area (TPSA) is 68.0 Å². The van der Waals surface area contributed by atoms with Gasteiger partial charge in [-0.15, -0.1) is 24.0 Å². The quantitative estimate of drug-likeness (QED) is 0.350. The van der Waals surface area contributed by atoms with Crippen LogP contribution >= 0.6 is 24.0 Å². The van der Waals surface area contributed by atoms with Gasteiger partial charge >= 0.3 is 0 Å². The van der Waals surface area contributed by atoms with E-state index in [4.69, 9.17) is 13.9 Å². The molecule has 0 amide bonds. The number of aliphatic imine (C=N–C) groups is 1. The van der Waals surface area contributed by atoms with Gasteiger partial charge in [0.1, 0.15) is 11.3 Å². The zero-order valence-corrected chi connectivity index (χ0v) is 16.7. The number of nitrogens with one attached hydrogen (secondary N) is 2. The predicted molar refractivity (Wildman–Crippen MR) is 111 cm³/mol. The maximum Gasteiger partial charge on any atom is 0.231 e. The number of benzene rings is 2. The molecule has 3 aromatic rings. The van der Waals surface area contributed by atoms with Crippen molar-refractivity contribution in [2.45, 2.75) is 13.1 Å². The first-order valence-corrected chi connectivity index (χ1v) is 8.12. The van der Waals surface area contributed by atoms with Crippen molar-refractivity contribution >= 4 is 40.9 Å². The molecule has 0 fully saturated rings. The first-order valence-electron chi connectivity index (χ1n) is 8.12. The Balaban J connectivity index is 0.00000196. The van der Waals surface area contributed by atoms with E-state index in [1.165, 1.54) is 0 Å². The number of furan rings is 1. The lowest BCUT2D eigenvalue weighted by Gasteiger charge is -2.11. The van der Waals surface area contributed by atoms with E-state index in [1.807, 2.05) is 48.5 Å². The van der Waals surface area contributed by atoms with Crippen molar-refractivity contribution in [2.24, 2.45) is 4.99 Å². The third-order valence-corrected chi connectivity index (χ3v) is 4.03. The molecule has 136 valence electrons. The molecule has 1 aliphatic heterocycles. The molecule has 0 aliphatic carbocycles. The Morgan fingerprint density at radius 2 is 1.81 bits per heavy atom. The van der Waals surface area contributed by atoms with E-state index in [0.717, 1.165) is 33.8 Å². The normalized spacial score (nSPS) is 12.7. The Bertz CT molecular complexity index is 890. The molecule has 0 atom stereocenters. The van der Waals surface area contributed by atoms with Gasteiger partial charge in [0.15, 0.2) is 17.5 Å². The van der Waals surface area contributed by atoms with Crippen LogP contribution in [-0.4, -0.2) is 19.8 Å². The summed E-state index contributed by atoms with van der Waals surface area (Å²) in [4.78, 5) is 4.24. The van der Waals surface area contributed by atoms with Gasteiger partial charge in [-0.2, -0.15) is 0 Å². The van der Waals surface area contributed by atoms with E-state index in [9.17, 15) is 0 Å². The number of halogens is 1. The molecule has 2 heterocycles. The number of para-hydroxylation sites is 1. The van der Waals surface area contributed by atoms with Crippen LogP contribution in [0.4, 0.5) is 0 Å². The third kappa shape index (κ3) is 4.04. The van der Waals surface area contributed by atoms with Crippen LogP contribution in [-0.2, 0) is 13.1 Å². The SMILES string of the molecule is CN=C(NCc1ccc2c(c1)OCO2)NCc1cc2ccccc2o1.I. The molecule has 1 aromatic heterocycles. The van der Waals surface area contributed by atoms with Gasteiger partial charge in [0.25, 0.3) is 0 Å². The van der Waals surface area contributed by atoms with E-state index < -0.39 is 0 Å². The zero-order valence-electron chi connectivity index (χ0n) is 14.3. The van der Waals surface area contributed by atoms with Crippen LogP contribution in [0.2, 0.25) is 0 Å². The standard InChI is InChI=1S/C19H19N3O3.HI/c1-20-19(21-10-13-6-7-17-18(8-13)24-12-23-17)22-11-15-9-14-4-2-3-5-16(14)25-15;/h2-9H,10-12H2,1H3,(H2,20,21,22);1H. The van der Waals surface area contributed by atoms with Crippen molar-refractivity contribution in [3.05, 3.63) is 59.9 Å². The van der Waals surface area contributed by atoms with Crippen molar-refractivity contribution in [3.8, 4) is 11.5 Å².